The topological polar surface area (TPSA) is 66.8 Å². The van der Waals surface area contributed by atoms with Crippen LogP contribution in [0.1, 0.15) is 31.2 Å². The van der Waals surface area contributed by atoms with Gasteiger partial charge in [-0.25, -0.2) is 0 Å². The molecular formula is C17H21NO4. The lowest BCUT2D eigenvalue weighted by Crippen LogP contribution is -2.39. The minimum atomic E-state index is -0.776. The van der Waals surface area contributed by atoms with E-state index >= 15 is 0 Å². The van der Waals surface area contributed by atoms with Gasteiger partial charge in [0.15, 0.2) is 0 Å². The average Bonchev–Trinajstić information content (AvgIpc) is 2.76. The van der Waals surface area contributed by atoms with Crippen molar-refractivity contribution in [1.82, 2.24) is 4.90 Å². The van der Waals surface area contributed by atoms with Crippen LogP contribution in [0.15, 0.2) is 24.3 Å². The number of hydrogen-bond donors (Lipinski definition) is 1. The maximum Gasteiger partial charge on any atom is 0.306 e. The largest absolute Gasteiger partial charge is 0.491 e. The molecule has 1 aromatic rings. The molecule has 1 heterocycles. The molecule has 0 radical (unpaired) electrons. The first-order valence-corrected chi connectivity index (χ1v) is 7.87. The summed E-state index contributed by atoms with van der Waals surface area (Å²) >= 11 is 0. The summed E-state index contributed by atoms with van der Waals surface area (Å²) in [5, 5.41) is 9.18. The van der Waals surface area contributed by atoms with Crippen LogP contribution < -0.4 is 4.74 Å². The van der Waals surface area contributed by atoms with E-state index in [2.05, 4.69) is 0 Å². The SMILES string of the molecule is O=C(O)[C@@H]1CCC[C@@H](C(=O)N2CCOc3ccccc3C2)C1. The van der Waals surface area contributed by atoms with E-state index in [1.54, 1.807) is 0 Å². The van der Waals surface area contributed by atoms with Crippen molar-refractivity contribution in [2.45, 2.75) is 32.2 Å². The number of aliphatic carboxylic acids is 1. The Kier molecular flexibility index (Phi) is 4.32. The normalized spacial score (nSPS) is 24.8. The van der Waals surface area contributed by atoms with Gasteiger partial charge in [-0.15, -0.1) is 0 Å². The molecule has 118 valence electrons. The molecule has 1 aliphatic carbocycles. The Morgan fingerprint density at radius 3 is 2.77 bits per heavy atom. The van der Waals surface area contributed by atoms with Crippen LogP contribution in [0.3, 0.4) is 0 Å². The number of carbonyl (C=O) groups is 2. The van der Waals surface area contributed by atoms with Gasteiger partial charge in [-0.3, -0.25) is 9.59 Å². The predicted octanol–water partition coefficient (Wildman–Crippen LogP) is 2.30. The molecule has 0 bridgehead atoms. The van der Waals surface area contributed by atoms with Crippen molar-refractivity contribution in [3.63, 3.8) is 0 Å². The summed E-state index contributed by atoms with van der Waals surface area (Å²) in [6.45, 7) is 1.59. The molecule has 0 unspecified atom stereocenters. The van der Waals surface area contributed by atoms with Crippen molar-refractivity contribution in [3.8, 4) is 5.75 Å². The van der Waals surface area contributed by atoms with Crippen LogP contribution in [0, 0.1) is 11.8 Å². The van der Waals surface area contributed by atoms with Crippen molar-refractivity contribution in [1.29, 1.82) is 0 Å². The molecule has 0 aromatic heterocycles. The van der Waals surface area contributed by atoms with Gasteiger partial charge in [-0.05, 0) is 25.3 Å². The third kappa shape index (κ3) is 3.08. The second-order valence-electron chi connectivity index (χ2n) is 6.11. The zero-order valence-electron chi connectivity index (χ0n) is 12.5. The number of carboxylic acid groups (broad SMARTS) is 1. The number of carbonyl (C=O) groups excluding carboxylic acids is 1. The second-order valence-corrected chi connectivity index (χ2v) is 6.11. The van der Waals surface area contributed by atoms with E-state index in [-0.39, 0.29) is 17.7 Å². The van der Waals surface area contributed by atoms with Gasteiger partial charge >= 0.3 is 5.97 Å². The Hall–Kier alpha value is -2.04. The molecule has 1 fully saturated rings. The van der Waals surface area contributed by atoms with Gasteiger partial charge in [0.05, 0.1) is 12.5 Å². The molecular weight excluding hydrogens is 282 g/mol. The van der Waals surface area contributed by atoms with Gasteiger partial charge in [0, 0.05) is 18.0 Å². The molecule has 1 aliphatic heterocycles. The Balaban J connectivity index is 1.71. The van der Waals surface area contributed by atoms with E-state index in [4.69, 9.17) is 4.74 Å². The Morgan fingerprint density at radius 1 is 1.18 bits per heavy atom. The van der Waals surface area contributed by atoms with E-state index in [9.17, 15) is 14.7 Å². The first-order chi connectivity index (χ1) is 10.6. The quantitative estimate of drug-likeness (QED) is 0.910. The Labute approximate surface area is 129 Å². The lowest BCUT2D eigenvalue weighted by Gasteiger charge is -2.30. The fourth-order valence-electron chi connectivity index (χ4n) is 3.41. The van der Waals surface area contributed by atoms with Crippen molar-refractivity contribution in [3.05, 3.63) is 29.8 Å². The average molecular weight is 303 g/mol. The van der Waals surface area contributed by atoms with Gasteiger partial charge < -0.3 is 14.7 Å². The van der Waals surface area contributed by atoms with Crippen LogP contribution >= 0.6 is 0 Å². The van der Waals surface area contributed by atoms with E-state index in [1.807, 2.05) is 29.2 Å². The maximum absolute atomic E-state index is 12.8. The predicted molar refractivity (Wildman–Crippen MR) is 80.4 cm³/mol. The van der Waals surface area contributed by atoms with Crippen molar-refractivity contribution in [2.75, 3.05) is 13.2 Å². The molecule has 5 heteroatoms. The molecule has 2 atom stereocenters. The summed E-state index contributed by atoms with van der Waals surface area (Å²) in [5.74, 6) is -0.406. The Morgan fingerprint density at radius 2 is 1.95 bits per heavy atom. The van der Waals surface area contributed by atoms with Gasteiger partial charge in [0.1, 0.15) is 12.4 Å². The van der Waals surface area contributed by atoms with Crippen molar-refractivity contribution < 1.29 is 19.4 Å². The molecule has 2 aliphatic rings. The molecule has 1 saturated carbocycles. The van der Waals surface area contributed by atoms with E-state index in [0.717, 1.165) is 24.2 Å². The third-order valence-corrected chi connectivity index (χ3v) is 4.64. The van der Waals surface area contributed by atoms with Gasteiger partial charge in [-0.2, -0.15) is 0 Å². The zero-order chi connectivity index (χ0) is 15.5. The minimum absolute atomic E-state index is 0.0752. The van der Waals surface area contributed by atoms with Crippen LogP contribution in [0.25, 0.3) is 0 Å². The van der Waals surface area contributed by atoms with E-state index in [0.29, 0.717) is 32.5 Å². The second kappa shape index (κ2) is 6.38. The van der Waals surface area contributed by atoms with Gasteiger partial charge in [-0.1, -0.05) is 24.6 Å². The zero-order valence-corrected chi connectivity index (χ0v) is 12.5. The lowest BCUT2D eigenvalue weighted by molar-refractivity contribution is -0.145. The van der Waals surface area contributed by atoms with Crippen LogP contribution in [0.5, 0.6) is 5.75 Å². The monoisotopic (exact) mass is 303 g/mol. The molecule has 0 spiro atoms. The number of benzene rings is 1. The number of carboxylic acids is 1. The summed E-state index contributed by atoms with van der Waals surface area (Å²) in [5.41, 5.74) is 1.01. The number of amides is 1. The summed E-state index contributed by atoms with van der Waals surface area (Å²) in [4.78, 5) is 25.8. The Bertz CT molecular complexity index is 572. The fourth-order valence-corrected chi connectivity index (χ4v) is 3.41. The minimum Gasteiger partial charge on any atom is -0.491 e. The number of rotatable bonds is 2. The molecule has 3 rings (SSSR count). The number of hydrogen-bond acceptors (Lipinski definition) is 3. The number of nitrogens with zero attached hydrogens (tertiary/aromatic N) is 1. The van der Waals surface area contributed by atoms with Crippen LogP contribution in [-0.2, 0) is 16.1 Å². The van der Waals surface area contributed by atoms with Crippen molar-refractivity contribution >= 4 is 11.9 Å². The number of fused-ring (bicyclic) bond motifs is 1. The van der Waals surface area contributed by atoms with Crippen LogP contribution in [-0.4, -0.2) is 35.0 Å². The van der Waals surface area contributed by atoms with E-state index in [1.165, 1.54) is 0 Å². The highest BCUT2D eigenvalue weighted by molar-refractivity contribution is 5.80. The lowest BCUT2D eigenvalue weighted by atomic mass is 9.80. The van der Waals surface area contributed by atoms with Gasteiger partial charge in [0.25, 0.3) is 0 Å². The first-order valence-electron chi connectivity index (χ1n) is 7.87. The first kappa shape index (κ1) is 14.9. The van der Waals surface area contributed by atoms with Crippen LogP contribution in [0.4, 0.5) is 0 Å². The highest BCUT2D eigenvalue weighted by Crippen LogP contribution is 2.32. The standard InChI is InChI=1S/C17H21NO4/c19-16(12-5-3-6-13(10-12)17(20)21)18-8-9-22-15-7-2-1-4-14(15)11-18/h1-2,4,7,12-13H,3,5-6,8-11H2,(H,20,21)/t12-,13-/m1/s1. The molecule has 1 aromatic carbocycles. The summed E-state index contributed by atoms with van der Waals surface area (Å²) in [6, 6.07) is 7.76. The summed E-state index contributed by atoms with van der Waals surface area (Å²) in [6.07, 6.45) is 2.76. The van der Waals surface area contributed by atoms with E-state index < -0.39 is 5.97 Å². The third-order valence-electron chi connectivity index (χ3n) is 4.64. The maximum atomic E-state index is 12.8. The fraction of sp³-hybridized carbons (Fsp3) is 0.529. The summed E-state index contributed by atoms with van der Waals surface area (Å²) in [7, 11) is 0. The molecule has 1 N–H and O–H groups in total. The number of para-hydroxylation sites is 1. The molecule has 1 amide bonds. The number of ether oxygens (including phenoxy) is 1. The van der Waals surface area contributed by atoms with Gasteiger partial charge in [0.2, 0.25) is 5.91 Å². The smallest absolute Gasteiger partial charge is 0.306 e. The molecule has 22 heavy (non-hydrogen) atoms. The summed E-state index contributed by atoms with van der Waals surface area (Å²) < 4.78 is 5.69. The highest BCUT2D eigenvalue weighted by atomic mass is 16.5. The van der Waals surface area contributed by atoms with Crippen molar-refractivity contribution in [2.24, 2.45) is 11.8 Å². The highest BCUT2D eigenvalue weighted by Gasteiger charge is 2.33. The molecule has 0 saturated heterocycles. The molecule has 5 nitrogen and oxygen atoms in total. The van der Waals surface area contributed by atoms with Crippen LogP contribution in [0.2, 0.25) is 0 Å².